The van der Waals surface area contributed by atoms with Gasteiger partial charge in [0.15, 0.2) is 5.11 Å². The smallest absolute Gasteiger partial charge is 0.307 e. The summed E-state index contributed by atoms with van der Waals surface area (Å²) >= 11 is 5.65. The van der Waals surface area contributed by atoms with Gasteiger partial charge in [0.1, 0.15) is 0 Å². The first-order chi connectivity index (χ1) is 14.7. The maximum atomic E-state index is 11.8. The molecule has 154 valence electrons. The molecule has 1 fully saturated rings. The van der Waals surface area contributed by atoms with Gasteiger partial charge in [-0.1, -0.05) is 12.1 Å². The molecule has 0 radical (unpaired) electrons. The van der Waals surface area contributed by atoms with Gasteiger partial charge in [-0.3, -0.25) is 14.8 Å². The number of methoxy groups -OCH3 is 1. The van der Waals surface area contributed by atoms with Crippen molar-refractivity contribution in [2.24, 2.45) is 0 Å². The van der Waals surface area contributed by atoms with Gasteiger partial charge in [0.05, 0.1) is 31.3 Å². The summed E-state index contributed by atoms with van der Waals surface area (Å²) < 4.78 is 7.02. The molecule has 0 saturated carbocycles. The maximum Gasteiger partial charge on any atom is 0.307 e. The molecule has 2 unspecified atom stereocenters. The highest BCUT2D eigenvalue weighted by Gasteiger charge is 2.41. The molecular formula is C22H23N5O2S. The van der Waals surface area contributed by atoms with Crippen LogP contribution in [0.5, 0.6) is 0 Å². The average Bonchev–Trinajstić information content (AvgIpc) is 3.36. The molecule has 2 atom stereocenters. The van der Waals surface area contributed by atoms with Crippen LogP contribution in [0.4, 0.5) is 0 Å². The number of ether oxygens (including phenoxy) is 1. The summed E-state index contributed by atoms with van der Waals surface area (Å²) in [7, 11) is 1.40. The number of carbonyl (C=O) groups excluding carboxylic acids is 1. The molecule has 1 aliphatic heterocycles. The summed E-state index contributed by atoms with van der Waals surface area (Å²) in [6, 6.07) is 13.7. The zero-order valence-electron chi connectivity index (χ0n) is 16.6. The van der Waals surface area contributed by atoms with Crippen LogP contribution in [0.3, 0.4) is 0 Å². The standard InChI is InChI=1S/C22H23N5O2S/c1-29-19(28)9-13-27-21(20(25-22(27)30)17-7-2-3-11-24-17)18-8-5-12-26(18)15-16-6-4-10-23-14-16/h2-8,10-12,14,20-21H,9,13,15H2,1H3,(H,25,30). The molecule has 3 aromatic rings. The van der Waals surface area contributed by atoms with Crippen molar-refractivity contribution in [3.8, 4) is 0 Å². The third kappa shape index (κ3) is 4.18. The van der Waals surface area contributed by atoms with E-state index in [1.807, 2.05) is 36.5 Å². The normalized spacial score (nSPS) is 18.3. The summed E-state index contributed by atoms with van der Waals surface area (Å²) in [4.78, 5) is 22.6. The predicted molar refractivity (Wildman–Crippen MR) is 117 cm³/mol. The third-order valence-electron chi connectivity index (χ3n) is 5.23. The average molecular weight is 422 g/mol. The summed E-state index contributed by atoms with van der Waals surface area (Å²) in [6.07, 6.45) is 7.73. The van der Waals surface area contributed by atoms with Crippen molar-refractivity contribution >= 4 is 23.3 Å². The Bertz CT molecular complexity index is 1010. The van der Waals surface area contributed by atoms with Crippen molar-refractivity contribution in [1.82, 2.24) is 24.8 Å². The number of aromatic nitrogens is 3. The van der Waals surface area contributed by atoms with Gasteiger partial charge >= 0.3 is 5.97 Å². The summed E-state index contributed by atoms with van der Waals surface area (Å²) in [5, 5.41) is 4.01. The van der Waals surface area contributed by atoms with Gasteiger partial charge < -0.3 is 19.5 Å². The first kappa shape index (κ1) is 20.0. The Morgan fingerprint density at radius 2 is 2.10 bits per heavy atom. The fourth-order valence-electron chi connectivity index (χ4n) is 3.81. The van der Waals surface area contributed by atoms with E-state index in [-0.39, 0.29) is 24.5 Å². The first-order valence-corrected chi connectivity index (χ1v) is 10.2. The first-order valence-electron chi connectivity index (χ1n) is 9.76. The third-order valence-corrected chi connectivity index (χ3v) is 5.58. The molecule has 0 spiro atoms. The van der Waals surface area contributed by atoms with Gasteiger partial charge in [-0.25, -0.2) is 0 Å². The highest BCUT2D eigenvalue weighted by molar-refractivity contribution is 7.80. The Balaban J connectivity index is 1.69. The van der Waals surface area contributed by atoms with Crippen LogP contribution in [0.15, 0.2) is 67.3 Å². The Kier molecular flexibility index (Phi) is 6.04. The number of hydrogen-bond acceptors (Lipinski definition) is 5. The molecule has 1 saturated heterocycles. The summed E-state index contributed by atoms with van der Waals surface area (Å²) in [5.41, 5.74) is 3.10. The van der Waals surface area contributed by atoms with Crippen LogP contribution in [0.2, 0.25) is 0 Å². The molecule has 4 rings (SSSR count). The molecule has 0 amide bonds. The largest absolute Gasteiger partial charge is 0.469 e. The molecule has 30 heavy (non-hydrogen) atoms. The molecule has 1 aliphatic rings. The number of esters is 1. The number of pyridine rings is 2. The molecule has 0 aliphatic carbocycles. The number of nitrogens with one attached hydrogen (secondary N) is 1. The molecule has 1 N–H and O–H groups in total. The van der Waals surface area contributed by atoms with Gasteiger partial charge in [-0.2, -0.15) is 0 Å². The topological polar surface area (TPSA) is 72.3 Å². The van der Waals surface area contributed by atoms with Crippen LogP contribution >= 0.6 is 12.2 Å². The van der Waals surface area contributed by atoms with E-state index in [1.165, 1.54) is 7.11 Å². The van der Waals surface area contributed by atoms with E-state index < -0.39 is 0 Å². The predicted octanol–water partition coefficient (Wildman–Crippen LogP) is 2.86. The van der Waals surface area contributed by atoms with Gasteiger partial charge in [-0.05, 0) is 48.1 Å². The van der Waals surface area contributed by atoms with Crippen molar-refractivity contribution in [3.05, 3.63) is 84.2 Å². The van der Waals surface area contributed by atoms with E-state index in [1.54, 1.807) is 12.4 Å². The van der Waals surface area contributed by atoms with Gasteiger partial charge in [-0.15, -0.1) is 0 Å². The number of hydrogen-bond donors (Lipinski definition) is 1. The zero-order valence-corrected chi connectivity index (χ0v) is 17.5. The van der Waals surface area contributed by atoms with Gasteiger partial charge in [0, 0.05) is 43.6 Å². The number of carbonyl (C=O) groups is 1. The van der Waals surface area contributed by atoms with Crippen LogP contribution in [-0.2, 0) is 16.1 Å². The van der Waals surface area contributed by atoms with Gasteiger partial charge in [0.2, 0.25) is 0 Å². The molecule has 7 nitrogen and oxygen atoms in total. The van der Waals surface area contributed by atoms with Crippen LogP contribution in [0, 0.1) is 0 Å². The fraction of sp³-hybridized carbons (Fsp3) is 0.273. The van der Waals surface area contributed by atoms with E-state index >= 15 is 0 Å². The molecule has 4 heterocycles. The Labute approximate surface area is 180 Å². The van der Waals surface area contributed by atoms with Crippen molar-refractivity contribution in [2.45, 2.75) is 25.0 Å². The van der Waals surface area contributed by atoms with Crippen molar-refractivity contribution in [3.63, 3.8) is 0 Å². The fourth-order valence-corrected chi connectivity index (χ4v) is 4.14. The Hall–Kier alpha value is -3.26. The lowest BCUT2D eigenvalue weighted by atomic mass is 10.0. The molecule has 3 aromatic heterocycles. The molecule has 8 heteroatoms. The van der Waals surface area contributed by atoms with Crippen LogP contribution < -0.4 is 5.32 Å². The second-order valence-electron chi connectivity index (χ2n) is 7.07. The maximum absolute atomic E-state index is 11.8. The van der Waals surface area contributed by atoms with E-state index in [9.17, 15) is 4.79 Å². The van der Waals surface area contributed by atoms with Gasteiger partial charge in [0.25, 0.3) is 0 Å². The van der Waals surface area contributed by atoms with Crippen molar-refractivity contribution < 1.29 is 9.53 Å². The monoisotopic (exact) mass is 421 g/mol. The van der Waals surface area contributed by atoms with E-state index in [0.717, 1.165) is 17.0 Å². The Morgan fingerprint density at radius 1 is 1.20 bits per heavy atom. The van der Waals surface area contributed by atoms with Crippen LogP contribution in [0.25, 0.3) is 0 Å². The van der Waals surface area contributed by atoms with E-state index in [0.29, 0.717) is 18.2 Å². The van der Waals surface area contributed by atoms with Crippen molar-refractivity contribution in [2.75, 3.05) is 13.7 Å². The molecular weight excluding hydrogens is 398 g/mol. The second-order valence-corrected chi connectivity index (χ2v) is 7.46. The highest BCUT2D eigenvalue weighted by Crippen LogP contribution is 2.38. The molecule has 0 bridgehead atoms. The summed E-state index contributed by atoms with van der Waals surface area (Å²) in [6.45, 7) is 1.16. The van der Waals surface area contributed by atoms with Crippen LogP contribution in [0.1, 0.15) is 35.5 Å². The minimum atomic E-state index is -0.261. The SMILES string of the molecule is COC(=O)CCN1C(=S)NC(c2ccccn2)C1c1cccn1Cc1cccnc1. The summed E-state index contributed by atoms with van der Waals surface area (Å²) in [5.74, 6) is -0.261. The lowest BCUT2D eigenvalue weighted by molar-refractivity contribution is -0.140. The zero-order chi connectivity index (χ0) is 20.9. The number of thiocarbonyl (C=S) groups is 1. The quantitative estimate of drug-likeness (QED) is 0.465. The van der Waals surface area contributed by atoms with E-state index in [4.69, 9.17) is 17.0 Å². The number of nitrogens with zero attached hydrogens (tertiary/aromatic N) is 4. The molecule has 0 aromatic carbocycles. The minimum Gasteiger partial charge on any atom is -0.469 e. The van der Waals surface area contributed by atoms with Crippen molar-refractivity contribution in [1.29, 1.82) is 0 Å². The lowest BCUT2D eigenvalue weighted by Gasteiger charge is -2.28. The highest BCUT2D eigenvalue weighted by atomic mass is 32.1. The number of rotatable bonds is 7. The van der Waals surface area contributed by atoms with Crippen LogP contribution in [-0.4, -0.2) is 44.2 Å². The lowest BCUT2D eigenvalue weighted by Crippen LogP contribution is -2.32. The Morgan fingerprint density at radius 3 is 2.83 bits per heavy atom. The van der Waals surface area contributed by atoms with E-state index in [2.05, 4.69) is 43.1 Å². The minimum absolute atomic E-state index is 0.108. The second kappa shape index (κ2) is 9.04.